The first-order valence-corrected chi connectivity index (χ1v) is 15.6. The lowest BCUT2D eigenvalue weighted by Crippen LogP contribution is -2.43. The third-order valence-corrected chi connectivity index (χ3v) is 8.18. The Bertz CT molecular complexity index is 984. The van der Waals surface area contributed by atoms with Crippen LogP contribution in [0, 0.1) is 19.3 Å². The number of hydrogen-bond donors (Lipinski definition) is 3. The molecule has 4 heteroatoms. The van der Waals surface area contributed by atoms with Crippen LogP contribution in [-0.4, -0.2) is 35.1 Å². The zero-order chi connectivity index (χ0) is 28.8. The number of hydrogen-bond acceptors (Lipinski definition) is 4. The van der Waals surface area contributed by atoms with Gasteiger partial charge in [-0.1, -0.05) is 77.6 Å². The standard InChI is InChI=1S/C35H56O4/c1-7-11-15-28-19-26(5)32(30(21-28)17-13-9-3)34(35(23-36,24-37)25-38)39-33-27(6)20-29(16-12-8-2)22-31(33)18-14-10-4/h19-22,34,36-38H,7-18,23-25H2,1-6H3. The smallest absolute Gasteiger partial charge is 0.136 e. The van der Waals surface area contributed by atoms with E-state index >= 15 is 0 Å². The van der Waals surface area contributed by atoms with E-state index < -0.39 is 11.5 Å². The van der Waals surface area contributed by atoms with Crippen molar-refractivity contribution in [2.75, 3.05) is 19.8 Å². The molecule has 0 aromatic heterocycles. The number of benzene rings is 2. The Balaban J connectivity index is 2.75. The monoisotopic (exact) mass is 540 g/mol. The van der Waals surface area contributed by atoms with Crippen LogP contribution in [0.1, 0.15) is 124 Å². The van der Waals surface area contributed by atoms with Gasteiger partial charge in [-0.3, -0.25) is 0 Å². The summed E-state index contributed by atoms with van der Waals surface area (Å²) < 4.78 is 7.00. The fraction of sp³-hybridized carbons (Fsp3) is 0.657. The molecule has 2 aromatic rings. The topological polar surface area (TPSA) is 69.9 Å². The van der Waals surface area contributed by atoms with E-state index in [4.69, 9.17) is 4.74 Å². The van der Waals surface area contributed by atoms with E-state index in [0.717, 1.165) is 99.5 Å². The molecule has 1 atom stereocenters. The van der Waals surface area contributed by atoms with Crippen LogP contribution in [-0.2, 0) is 25.7 Å². The second-order valence-corrected chi connectivity index (χ2v) is 11.6. The summed E-state index contributed by atoms with van der Waals surface area (Å²) in [5.41, 5.74) is 7.03. The lowest BCUT2D eigenvalue weighted by molar-refractivity contribution is -0.0751. The Hall–Kier alpha value is -1.88. The summed E-state index contributed by atoms with van der Waals surface area (Å²) >= 11 is 0. The van der Waals surface area contributed by atoms with Crippen molar-refractivity contribution in [2.45, 2.75) is 125 Å². The third kappa shape index (κ3) is 8.80. The summed E-state index contributed by atoms with van der Waals surface area (Å²) in [5.74, 6) is 0.837. The summed E-state index contributed by atoms with van der Waals surface area (Å²) in [6.07, 6.45) is 12.1. The summed E-state index contributed by atoms with van der Waals surface area (Å²) in [7, 11) is 0. The second-order valence-electron chi connectivity index (χ2n) is 11.6. The third-order valence-electron chi connectivity index (χ3n) is 8.18. The zero-order valence-corrected chi connectivity index (χ0v) is 25.7. The molecule has 0 aliphatic heterocycles. The lowest BCUT2D eigenvalue weighted by Gasteiger charge is -2.39. The van der Waals surface area contributed by atoms with Gasteiger partial charge in [0.1, 0.15) is 11.9 Å². The highest BCUT2D eigenvalue weighted by Gasteiger charge is 2.43. The van der Waals surface area contributed by atoms with Crippen LogP contribution in [0.3, 0.4) is 0 Å². The van der Waals surface area contributed by atoms with Gasteiger partial charge < -0.3 is 20.1 Å². The first kappa shape index (κ1) is 33.3. The molecule has 0 heterocycles. The molecule has 0 aliphatic rings. The number of unbranched alkanes of at least 4 members (excludes halogenated alkanes) is 4. The van der Waals surface area contributed by atoms with Crippen LogP contribution in [0.2, 0.25) is 0 Å². The SMILES string of the molecule is CCCCc1cc(C)c(OC(c2c(C)cc(CCCC)cc2CCCC)C(CO)(CO)CO)c(CCCC)c1. The molecular formula is C35H56O4. The minimum atomic E-state index is -1.22. The summed E-state index contributed by atoms with van der Waals surface area (Å²) in [6, 6.07) is 9.07. The van der Waals surface area contributed by atoms with Crippen LogP contribution in [0.15, 0.2) is 24.3 Å². The highest BCUT2D eigenvalue weighted by Crippen LogP contribution is 2.43. The lowest BCUT2D eigenvalue weighted by atomic mass is 9.76. The van der Waals surface area contributed by atoms with Crippen LogP contribution in [0.25, 0.3) is 0 Å². The quantitative estimate of drug-likeness (QED) is 0.170. The Kier molecular flexibility index (Phi) is 14.6. The van der Waals surface area contributed by atoms with Gasteiger partial charge in [-0.25, -0.2) is 0 Å². The second kappa shape index (κ2) is 17.0. The average molecular weight is 541 g/mol. The number of aryl methyl sites for hydroxylation is 6. The Morgan fingerprint density at radius 2 is 1.05 bits per heavy atom. The van der Waals surface area contributed by atoms with Gasteiger partial charge in [-0.05, 0) is 104 Å². The van der Waals surface area contributed by atoms with Crippen molar-refractivity contribution < 1.29 is 20.1 Å². The molecule has 0 aliphatic carbocycles. The molecule has 220 valence electrons. The number of aliphatic hydroxyl groups is 3. The minimum Gasteiger partial charge on any atom is -0.484 e. The first-order chi connectivity index (χ1) is 18.8. The van der Waals surface area contributed by atoms with Gasteiger partial charge in [0.25, 0.3) is 0 Å². The van der Waals surface area contributed by atoms with Crippen molar-refractivity contribution in [1.82, 2.24) is 0 Å². The fourth-order valence-electron chi connectivity index (χ4n) is 5.61. The maximum Gasteiger partial charge on any atom is 0.136 e. The van der Waals surface area contributed by atoms with Gasteiger partial charge in [0.15, 0.2) is 0 Å². The highest BCUT2D eigenvalue weighted by molar-refractivity contribution is 5.47. The van der Waals surface area contributed by atoms with Crippen LogP contribution in [0.4, 0.5) is 0 Å². The predicted molar refractivity (Wildman–Crippen MR) is 164 cm³/mol. The fourth-order valence-corrected chi connectivity index (χ4v) is 5.61. The van der Waals surface area contributed by atoms with Gasteiger partial charge in [0, 0.05) is 0 Å². The van der Waals surface area contributed by atoms with E-state index in [-0.39, 0.29) is 19.8 Å². The number of ether oxygens (including phenoxy) is 1. The van der Waals surface area contributed by atoms with Crippen molar-refractivity contribution in [3.05, 3.63) is 63.2 Å². The molecule has 2 rings (SSSR count). The van der Waals surface area contributed by atoms with E-state index in [9.17, 15) is 15.3 Å². The Labute approximate surface area is 238 Å². The Morgan fingerprint density at radius 1 is 0.615 bits per heavy atom. The largest absolute Gasteiger partial charge is 0.484 e. The van der Waals surface area contributed by atoms with Gasteiger partial charge in [-0.15, -0.1) is 0 Å². The van der Waals surface area contributed by atoms with Gasteiger partial charge in [0.2, 0.25) is 0 Å². The van der Waals surface area contributed by atoms with Gasteiger partial charge in [0.05, 0.1) is 25.2 Å². The highest BCUT2D eigenvalue weighted by atomic mass is 16.5. The normalized spacial score (nSPS) is 12.6. The molecule has 0 amide bonds. The van der Waals surface area contributed by atoms with Crippen LogP contribution in [0.5, 0.6) is 5.75 Å². The van der Waals surface area contributed by atoms with Crippen LogP contribution >= 0.6 is 0 Å². The maximum atomic E-state index is 10.6. The molecule has 0 radical (unpaired) electrons. The average Bonchev–Trinajstić information content (AvgIpc) is 2.94. The molecule has 0 saturated carbocycles. The molecule has 0 saturated heterocycles. The number of aliphatic hydroxyl groups excluding tert-OH is 3. The van der Waals surface area contributed by atoms with Crippen LogP contribution < -0.4 is 4.74 Å². The molecule has 2 aromatic carbocycles. The molecule has 4 nitrogen and oxygen atoms in total. The molecule has 0 spiro atoms. The van der Waals surface area contributed by atoms with Crippen molar-refractivity contribution in [3.8, 4) is 5.75 Å². The van der Waals surface area contributed by atoms with E-state index in [1.54, 1.807) is 0 Å². The van der Waals surface area contributed by atoms with E-state index in [1.165, 1.54) is 22.3 Å². The Morgan fingerprint density at radius 3 is 1.54 bits per heavy atom. The van der Waals surface area contributed by atoms with E-state index in [0.29, 0.717) is 0 Å². The van der Waals surface area contributed by atoms with E-state index in [1.807, 2.05) is 0 Å². The predicted octanol–water partition coefficient (Wildman–Crippen LogP) is 7.76. The van der Waals surface area contributed by atoms with Gasteiger partial charge >= 0.3 is 0 Å². The molecule has 0 fully saturated rings. The minimum absolute atomic E-state index is 0.368. The molecular weight excluding hydrogens is 484 g/mol. The molecule has 3 N–H and O–H groups in total. The van der Waals surface area contributed by atoms with Crippen molar-refractivity contribution in [1.29, 1.82) is 0 Å². The number of rotatable bonds is 19. The maximum absolute atomic E-state index is 10.6. The molecule has 39 heavy (non-hydrogen) atoms. The van der Waals surface area contributed by atoms with Crippen molar-refractivity contribution in [3.63, 3.8) is 0 Å². The first-order valence-electron chi connectivity index (χ1n) is 15.6. The van der Waals surface area contributed by atoms with Crippen molar-refractivity contribution in [2.24, 2.45) is 5.41 Å². The molecule has 0 bridgehead atoms. The van der Waals surface area contributed by atoms with Crippen molar-refractivity contribution >= 4 is 0 Å². The van der Waals surface area contributed by atoms with Gasteiger partial charge in [-0.2, -0.15) is 0 Å². The molecule has 1 unspecified atom stereocenters. The summed E-state index contributed by atoms with van der Waals surface area (Å²) in [6.45, 7) is 12.0. The zero-order valence-electron chi connectivity index (χ0n) is 25.7. The van der Waals surface area contributed by atoms with E-state index in [2.05, 4.69) is 65.8 Å². The summed E-state index contributed by atoms with van der Waals surface area (Å²) in [4.78, 5) is 0. The summed E-state index contributed by atoms with van der Waals surface area (Å²) in [5, 5.41) is 31.9.